The van der Waals surface area contributed by atoms with Gasteiger partial charge in [-0.05, 0) is 18.8 Å². The molecule has 1 unspecified atom stereocenters. The van der Waals surface area contributed by atoms with E-state index in [-0.39, 0.29) is 31.5 Å². The fourth-order valence-corrected chi connectivity index (χ4v) is 3.92. The van der Waals surface area contributed by atoms with Crippen LogP contribution in [0.3, 0.4) is 0 Å². The molecule has 1 atom stereocenters. The zero-order valence-corrected chi connectivity index (χ0v) is 10.9. The minimum Gasteiger partial charge on any atom is -0.300 e. The van der Waals surface area contributed by atoms with Gasteiger partial charge in [0.2, 0.25) is 0 Å². The van der Waals surface area contributed by atoms with Crippen LogP contribution in [0.2, 0.25) is 0 Å². The summed E-state index contributed by atoms with van der Waals surface area (Å²) in [4.78, 5) is 11.0. The first kappa shape index (κ1) is 16.0. The summed E-state index contributed by atoms with van der Waals surface area (Å²) < 4.78 is 59.7. The molecule has 0 spiro atoms. The molecule has 19 heavy (non-hydrogen) atoms. The predicted octanol–water partition coefficient (Wildman–Crippen LogP) is 2.01. The smallest absolute Gasteiger partial charge is 0.300 e. The third-order valence-corrected chi connectivity index (χ3v) is 5.24. The Labute approximate surface area is 109 Å². The van der Waals surface area contributed by atoms with Crippen molar-refractivity contribution in [3.8, 4) is 6.07 Å². The quantitative estimate of drug-likeness (QED) is 0.795. The average molecular weight is 297 g/mol. The van der Waals surface area contributed by atoms with Gasteiger partial charge in [-0.2, -0.15) is 18.4 Å². The molecule has 0 radical (unpaired) electrons. The van der Waals surface area contributed by atoms with Crippen molar-refractivity contribution in [2.24, 2.45) is 5.92 Å². The molecular weight excluding hydrogens is 283 g/mol. The molecular formula is C11H14F3NO3S. The highest BCUT2D eigenvalue weighted by Gasteiger charge is 2.38. The molecule has 8 heteroatoms. The van der Waals surface area contributed by atoms with Crippen LogP contribution >= 0.6 is 0 Å². The first-order valence-electron chi connectivity index (χ1n) is 5.85. The molecule has 0 heterocycles. The Balaban J connectivity index is 2.73. The lowest BCUT2D eigenvalue weighted by molar-refractivity contribution is -0.130. The van der Waals surface area contributed by atoms with E-state index in [1.165, 1.54) is 0 Å². The Morgan fingerprint density at radius 3 is 2.26 bits per heavy atom. The molecule has 0 amide bonds. The molecule has 1 aliphatic carbocycles. The number of halogens is 3. The summed E-state index contributed by atoms with van der Waals surface area (Å²) in [5, 5.41) is 7.47. The van der Waals surface area contributed by atoms with Crippen LogP contribution in [0.1, 0.15) is 32.1 Å². The van der Waals surface area contributed by atoms with Crippen molar-refractivity contribution in [2.75, 3.05) is 5.75 Å². The van der Waals surface area contributed by atoms with Gasteiger partial charge in [-0.1, -0.05) is 0 Å². The third-order valence-electron chi connectivity index (χ3n) is 3.20. The summed E-state index contributed by atoms with van der Waals surface area (Å²) in [7, 11) is -4.12. The maximum Gasteiger partial charge on any atom is 0.390 e. The fraction of sp³-hybridized carbons (Fsp3) is 0.818. The molecule has 0 bridgehead atoms. The van der Waals surface area contributed by atoms with Gasteiger partial charge in [-0.3, -0.25) is 4.79 Å². The summed E-state index contributed by atoms with van der Waals surface area (Å²) in [6, 6.07) is 1.60. The number of alkyl halides is 3. The summed E-state index contributed by atoms with van der Waals surface area (Å²) in [5.74, 6) is -1.61. The second kappa shape index (κ2) is 5.90. The lowest BCUT2D eigenvalue weighted by Gasteiger charge is -2.25. The van der Waals surface area contributed by atoms with Gasteiger partial charge in [0.05, 0.1) is 18.2 Å². The van der Waals surface area contributed by atoms with Gasteiger partial charge >= 0.3 is 6.18 Å². The third kappa shape index (κ3) is 4.82. The minimum atomic E-state index is -4.56. The number of nitrogens with zero attached hydrogens (tertiary/aromatic N) is 1. The Bertz CT molecular complexity index is 468. The lowest BCUT2D eigenvalue weighted by Crippen LogP contribution is -2.34. The van der Waals surface area contributed by atoms with Gasteiger partial charge in [0.1, 0.15) is 5.78 Å². The van der Waals surface area contributed by atoms with Crippen LogP contribution in [0.15, 0.2) is 0 Å². The van der Waals surface area contributed by atoms with E-state index in [0.717, 1.165) is 0 Å². The van der Waals surface area contributed by atoms with Crippen molar-refractivity contribution in [3.63, 3.8) is 0 Å². The second-order valence-electron chi connectivity index (χ2n) is 4.66. The number of rotatable bonds is 4. The van der Waals surface area contributed by atoms with E-state index >= 15 is 0 Å². The van der Waals surface area contributed by atoms with E-state index in [2.05, 4.69) is 0 Å². The molecule has 0 saturated heterocycles. The Kier molecular flexibility index (Phi) is 4.96. The topological polar surface area (TPSA) is 75.0 Å². The van der Waals surface area contributed by atoms with Crippen LogP contribution in [0.5, 0.6) is 0 Å². The number of hydrogen-bond acceptors (Lipinski definition) is 4. The maximum absolute atomic E-state index is 12.1. The number of Topliss-reactive ketones (excluding diaryl/α,β-unsaturated/α-hetero) is 1. The van der Waals surface area contributed by atoms with E-state index in [9.17, 15) is 26.4 Å². The first-order valence-corrected chi connectivity index (χ1v) is 7.57. The number of hydrogen-bond donors (Lipinski definition) is 0. The normalized spacial score (nSPS) is 20.0. The molecule has 1 fully saturated rings. The second-order valence-corrected chi connectivity index (χ2v) is 6.90. The SMILES string of the molecule is N#CC(C1CCC(=O)CC1)S(=O)(=O)CCC(F)(F)F. The average Bonchev–Trinajstić information content (AvgIpc) is 2.29. The predicted molar refractivity (Wildman–Crippen MR) is 60.8 cm³/mol. The van der Waals surface area contributed by atoms with Gasteiger partial charge in [-0.15, -0.1) is 0 Å². The molecule has 4 nitrogen and oxygen atoms in total. The Hall–Kier alpha value is -1.10. The van der Waals surface area contributed by atoms with Gasteiger partial charge < -0.3 is 0 Å². The number of sulfone groups is 1. The molecule has 0 aliphatic heterocycles. The van der Waals surface area contributed by atoms with Crippen molar-refractivity contribution < 1.29 is 26.4 Å². The summed E-state index contributed by atoms with van der Waals surface area (Å²) >= 11 is 0. The van der Waals surface area contributed by atoms with Crippen LogP contribution in [0, 0.1) is 17.2 Å². The standard InChI is InChI=1S/C11H14F3NO3S/c12-11(13,14)5-6-19(17,18)10(7-15)8-1-3-9(16)4-2-8/h8,10H,1-6H2. The lowest BCUT2D eigenvalue weighted by atomic mass is 9.86. The molecule has 1 rings (SSSR count). The van der Waals surface area contributed by atoms with Crippen molar-refractivity contribution >= 4 is 15.6 Å². The van der Waals surface area contributed by atoms with Gasteiger partial charge in [0.25, 0.3) is 0 Å². The molecule has 0 aromatic carbocycles. The van der Waals surface area contributed by atoms with E-state index < -0.39 is 39.4 Å². The molecule has 0 aromatic heterocycles. The summed E-state index contributed by atoms with van der Waals surface area (Å²) in [6.07, 6.45) is -5.12. The number of carbonyl (C=O) groups excluding carboxylic acids is 1. The zero-order valence-electron chi connectivity index (χ0n) is 10.1. The highest BCUT2D eigenvalue weighted by Crippen LogP contribution is 2.30. The molecule has 0 aromatic rings. The molecule has 108 valence electrons. The number of ketones is 1. The first-order chi connectivity index (χ1) is 8.65. The van der Waals surface area contributed by atoms with Crippen LogP contribution in [-0.2, 0) is 14.6 Å². The van der Waals surface area contributed by atoms with Crippen LogP contribution in [0.4, 0.5) is 13.2 Å². The van der Waals surface area contributed by atoms with E-state index in [1.807, 2.05) is 0 Å². The fourth-order valence-electron chi connectivity index (χ4n) is 2.13. The van der Waals surface area contributed by atoms with Gasteiger partial charge in [-0.25, -0.2) is 8.42 Å². The van der Waals surface area contributed by atoms with Crippen LogP contribution in [0.25, 0.3) is 0 Å². The van der Waals surface area contributed by atoms with Crippen LogP contribution < -0.4 is 0 Å². The maximum atomic E-state index is 12.1. The molecule has 0 N–H and O–H groups in total. The highest BCUT2D eigenvalue weighted by molar-refractivity contribution is 7.92. The van der Waals surface area contributed by atoms with Crippen molar-refractivity contribution in [3.05, 3.63) is 0 Å². The van der Waals surface area contributed by atoms with Gasteiger partial charge in [0.15, 0.2) is 15.1 Å². The number of carbonyl (C=O) groups is 1. The van der Waals surface area contributed by atoms with E-state index in [0.29, 0.717) is 0 Å². The monoisotopic (exact) mass is 297 g/mol. The zero-order chi connectivity index (χ0) is 14.7. The largest absolute Gasteiger partial charge is 0.390 e. The summed E-state index contributed by atoms with van der Waals surface area (Å²) in [6.45, 7) is 0. The van der Waals surface area contributed by atoms with Gasteiger partial charge in [0, 0.05) is 12.8 Å². The van der Waals surface area contributed by atoms with Crippen molar-refractivity contribution in [1.29, 1.82) is 5.26 Å². The van der Waals surface area contributed by atoms with Crippen LogP contribution in [-0.4, -0.2) is 31.4 Å². The van der Waals surface area contributed by atoms with Crippen molar-refractivity contribution in [1.82, 2.24) is 0 Å². The Morgan fingerprint density at radius 1 is 1.32 bits per heavy atom. The minimum absolute atomic E-state index is 0.000583. The molecule has 1 saturated carbocycles. The Morgan fingerprint density at radius 2 is 1.84 bits per heavy atom. The van der Waals surface area contributed by atoms with E-state index in [1.54, 1.807) is 6.07 Å². The van der Waals surface area contributed by atoms with E-state index in [4.69, 9.17) is 5.26 Å². The molecule has 1 aliphatic rings. The van der Waals surface area contributed by atoms with Crippen molar-refractivity contribution in [2.45, 2.75) is 43.5 Å². The highest BCUT2D eigenvalue weighted by atomic mass is 32.2. The number of nitriles is 1. The summed E-state index contributed by atoms with van der Waals surface area (Å²) in [5.41, 5.74) is 0.